The van der Waals surface area contributed by atoms with Crippen molar-refractivity contribution >= 4 is 11.8 Å². The van der Waals surface area contributed by atoms with Crippen molar-refractivity contribution in [1.29, 1.82) is 0 Å². The van der Waals surface area contributed by atoms with Gasteiger partial charge in [-0.2, -0.15) is 0 Å². The lowest BCUT2D eigenvalue weighted by Crippen LogP contribution is -2.54. The summed E-state index contributed by atoms with van der Waals surface area (Å²) in [5, 5.41) is 39.6. The summed E-state index contributed by atoms with van der Waals surface area (Å²) in [6.45, 7) is 0. The van der Waals surface area contributed by atoms with Crippen LogP contribution in [-0.4, -0.2) is 50.3 Å². The summed E-state index contributed by atoms with van der Waals surface area (Å²) >= 11 is 1.72. The Morgan fingerprint density at radius 2 is 1.78 bits per heavy atom. The van der Waals surface area contributed by atoms with E-state index in [0.717, 1.165) is 6.42 Å². The fourth-order valence-electron chi connectivity index (χ4n) is 3.68. The van der Waals surface area contributed by atoms with Crippen LogP contribution in [0.2, 0.25) is 0 Å². The molecule has 1 unspecified atom stereocenters. The maximum atomic E-state index is 14.4. The van der Waals surface area contributed by atoms with E-state index in [9.17, 15) is 24.8 Å². The van der Waals surface area contributed by atoms with Gasteiger partial charge in [0.1, 0.15) is 30.2 Å². The maximum absolute atomic E-state index is 14.4. The van der Waals surface area contributed by atoms with Crippen LogP contribution >= 0.6 is 11.8 Å². The van der Waals surface area contributed by atoms with Gasteiger partial charge in [0.05, 0.1) is 0 Å². The summed E-state index contributed by atoms with van der Waals surface area (Å²) in [5.74, 6) is -0.346. The molecule has 27 heavy (non-hydrogen) atoms. The monoisotopic (exact) mass is 392 g/mol. The van der Waals surface area contributed by atoms with Crippen molar-refractivity contribution < 1.29 is 29.6 Å². The molecule has 0 bridgehead atoms. The van der Waals surface area contributed by atoms with Crippen LogP contribution in [0.1, 0.15) is 22.8 Å². The van der Waals surface area contributed by atoms with E-state index >= 15 is 0 Å². The molecule has 7 heteroatoms. The third-order valence-corrected chi connectivity index (χ3v) is 6.47. The summed E-state index contributed by atoms with van der Waals surface area (Å²) in [7, 11) is 0. The third-order valence-electron chi connectivity index (χ3n) is 5.15. The molecule has 4 rings (SSSR count). The zero-order valence-corrected chi connectivity index (χ0v) is 15.2. The molecule has 1 fully saturated rings. The Morgan fingerprint density at radius 1 is 1.00 bits per heavy atom. The number of fused-ring (bicyclic) bond motifs is 1. The fraction of sp³-hybridized carbons (Fsp3) is 0.400. The standard InChI is InChI=1S/C20H21FO5S/c21-14-6-5-11(19-17(23)16(22)18(24)20(25)26-19)7-12(14)9-13-8-10-3-1-2-4-15(10)27-13/h1-7,13,16-20,22-25H,8-9H2/t13?,16-,17-,18+,19+,20+/m1/s1. The molecule has 0 radical (unpaired) electrons. The number of thioether (sulfide) groups is 1. The third kappa shape index (κ3) is 3.63. The van der Waals surface area contributed by atoms with Crippen LogP contribution < -0.4 is 0 Å². The molecule has 0 spiro atoms. The minimum atomic E-state index is -1.62. The van der Waals surface area contributed by atoms with Crippen molar-refractivity contribution in [2.24, 2.45) is 0 Å². The summed E-state index contributed by atoms with van der Waals surface area (Å²) in [5.41, 5.74) is 2.20. The Hall–Kier alpha value is -1.48. The van der Waals surface area contributed by atoms with Crippen molar-refractivity contribution in [1.82, 2.24) is 0 Å². The average Bonchev–Trinajstić information content (AvgIpc) is 3.07. The maximum Gasteiger partial charge on any atom is 0.184 e. The van der Waals surface area contributed by atoms with E-state index in [4.69, 9.17) is 4.74 Å². The Bertz CT molecular complexity index is 807. The lowest BCUT2D eigenvalue weighted by molar-refractivity contribution is -0.284. The largest absolute Gasteiger partial charge is 0.387 e. The van der Waals surface area contributed by atoms with Gasteiger partial charge in [0.15, 0.2) is 6.29 Å². The Kier molecular flexibility index (Phi) is 5.24. The number of benzene rings is 2. The Labute approximate surface area is 160 Å². The van der Waals surface area contributed by atoms with Gasteiger partial charge in [-0.15, -0.1) is 11.8 Å². The van der Waals surface area contributed by atoms with Crippen molar-refractivity contribution in [2.75, 3.05) is 0 Å². The molecule has 2 aliphatic heterocycles. The summed E-state index contributed by atoms with van der Waals surface area (Å²) in [6, 6.07) is 12.5. The molecule has 2 aliphatic rings. The van der Waals surface area contributed by atoms with Crippen LogP contribution in [-0.2, 0) is 17.6 Å². The topological polar surface area (TPSA) is 90.2 Å². The molecule has 5 nitrogen and oxygen atoms in total. The van der Waals surface area contributed by atoms with Gasteiger partial charge in [-0.3, -0.25) is 0 Å². The summed E-state index contributed by atoms with van der Waals surface area (Å²) < 4.78 is 19.6. The second kappa shape index (κ2) is 7.50. The molecule has 4 N–H and O–H groups in total. The number of ether oxygens (including phenoxy) is 1. The molecule has 2 aromatic carbocycles. The molecular weight excluding hydrogens is 371 g/mol. The van der Waals surface area contributed by atoms with E-state index < -0.39 is 30.7 Å². The van der Waals surface area contributed by atoms with Gasteiger partial charge in [0.25, 0.3) is 0 Å². The molecule has 1 saturated heterocycles. The van der Waals surface area contributed by atoms with Crippen molar-refractivity contribution in [2.45, 2.75) is 53.7 Å². The first kappa shape index (κ1) is 18.9. The van der Waals surface area contributed by atoms with Gasteiger partial charge in [-0.25, -0.2) is 4.39 Å². The number of aliphatic hydroxyl groups is 4. The van der Waals surface area contributed by atoms with E-state index in [2.05, 4.69) is 12.1 Å². The number of hydrogen-bond acceptors (Lipinski definition) is 6. The molecule has 144 valence electrons. The van der Waals surface area contributed by atoms with E-state index in [1.165, 1.54) is 22.6 Å². The van der Waals surface area contributed by atoms with Crippen LogP contribution in [0.4, 0.5) is 4.39 Å². The highest BCUT2D eigenvalue weighted by molar-refractivity contribution is 8.00. The minimum Gasteiger partial charge on any atom is -0.387 e. The molecule has 0 aromatic heterocycles. The van der Waals surface area contributed by atoms with Gasteiger partial charge >= 0.3 is 0 Å². The SMILES string of the molecule is O[C@@H]1[C@@H](O)[C@H](c2ccc(F)c(CC3Cc4ccccc4S3)c2)O[C@H](O)[C@H]1O. The fourth-order valence-corrected chi connectivity index (χ4v) is 5.02. The minimum absolute atomic E-state index is 0.211. The van der Waals surface area contributed by atoms with Crippen LogP contribution in [0, 0.1) is 5.82 Å². The van der Waals surface area contributed by atoms with Gasteiger partial charge in [-0.1, -0.05) is 30.3 Å². The number of hydrogen-bond donors (Lipinski definition) is 4. The van der Waals surface area contributed by atoms with Crippen LogP contribution in [0.15, 0.2) is 47.4 Å². The van der Waals surface area contributed by atoms with Crippen molar-refractivity contribution in [3.05, 3.63) is 65.0 Å². The van der Waals surface area contributed by atoms with Gasteiger partial charge in [0, 0.05) is 10.1 Å². The first-order valence-corrected chi connectivity index (χ1v) is 9.72. The average molecular weight is 392 g/mol. The zero-order valence-electron chi connectivity index (χ0n) is 14.4. The number of halogens is 1. The Morgan fingerprint density at radius 3 is 2.56 bits per heavy atom. The van der Waals surface area contributed by atoms with Gasteiger partial charge in [-0.05, 0) is 41.7 Å². The van der Waals surface area contributed by atoms with Crippen molar-refractivity contribution in [3.8, 4) is 0 Å². The Balaban J connectivity index is 1.54. The summed E-state index contributed by atoms with van der Waals surface area (Å²) in [6.07, 6.45) is -5.87. The molecular formula is C20H21FO5S. The molecule has 2 aromatic rings. The summed E-state index contributed by atoms with van der Waals surface area (Å²) in [4.78, 5) is 1.21. The molecule has 2 heterocycles. The predicted molar refractivity (Wildman–Crippen MR) is 97.7 cm³/mol. The second-order valence-corrected chi connectivity index (χ2v) is 8.37. The first-order valence-electron chi connectivity index (χ1n) is 8.84. The van der Waals surface area contributed by atoms with E-state index in [1.54, 1.807) is 17.8 Å². The van der Waals surface area contributed by atoms with Crippen LogP contribution in [0.25, 0.3) is 0 Å². The number of rotatable bonds is 3. The van der Waals surface area contributed by atoms with Crippen molar-refractivity contribution in [3.63, 3.8) is 0 Å². The molecule has 0 saturated carbocycles. The number of aliphatic hydroxyl groups excluding tert-OH is 4. The van der Waals surface area contributed by atoms with E-state index in [0.29, 0.717) is 17.5 Å². The van der Waals surface area contributed by atoms with Crippen LogP contribution in [0.5, 0.6) is 0 Å². The lowest BCUT2D eigenvalue weighted by atomic mass is 9.92. The normalized spacial score (nSPS) is 33.1. The second-order valence-electron chi connectivity index (χ2n) is 7.03. The predicted octanol–water partition coefficient (Wildman–Crippen LogP) is 1.56. The highest BCUT2D eigenvalue weighted by atomic mass is 32.2. The quantitative estimate of drug-likeness (QED) is 0.634. The van der Waals surface area contributed by atoms with E-state index in [1.807, 2.05) is 12.1 Å². The molecule has 6 atom stereocenters. The van der Waals surface area contributed by atoms with Gasteiger partial charge in [0.2, 0.25) is 0 Å². The highest BCUT2D eigenvalue weighted by Crippen LogP contribution is 2.39. The highest BCUT2D eigenvalue weighted by Gasteiger charge is 2.43. The first-order chi connectivity index (χ1) is 12.9. The zero-order chi connectivity index (χ0) is 19.1. The molecule has 0 aliphatic carbocycles. The lowest BCUT2D eigenvalue weighted by Gasteiger charge is -2.38. The smallest absolute Gasteiger partial charge is 0.184 e. The van der Waals surface area contributed by atoms with Gasteiger partial charge < -0.3 is 25.2 Å². The molecule has 0 amide bonds. The van der Waals surface area contributed by atoms with Crippen LogP contribution in [0.3, 0.4) is 0 Å². The van der Waals surface area contributed by atoms with E-state index in [-0.39, 0.29) is 11.1 Å².